The largest absolute Gasteiger partial charge is 0.468 e. The van der Waals surface area contributed by atoms with E-state index >= 15 is 0 Å². The molecule has 0 radical (unpaired) electrons. The molecular weight excluding hydrogens is 402 g/mol. The van der Waals surface area contributed by atoms with Crippen molar-refractivity contribution in [2.75, 3.05) is 44.8 Å². The molecule has 150 valence electrons. The molecular formula is C16H20F2N2O5S2. The number of esters is 1. The Morgan fingerprint density at radius 2 is 1.85 bits per heavy atom. The number of amides is 1. The summed E-state index contributed by atoms with van der Waals surface area (Å²) in [6, 6.07) is 2.32. The third-order valence-corrected chi connectivity index (χ3v) is 6.88. The number of thioether (sulfide) groups is 1. The molecule has 0 unspecified atom stereocenters. The topological polar surface area (TPSA) is 84.0 Å². The molecule has 11 heteroatoms. The Balaban J connectivity index is 1.87. The van der Waals surface area contributed by atoms with Gasteiger partial charge >= 0.3 is 5.97 Å². The Morgan fingerprint density at radius 1 is 1.19 bits per heavy atom. The van der Waals surface area contributed by atoms with Crippen LogP contribution in [0.3, 0.4) is 0 Å². The second-order valence-electron chi connectivity index (χ2n) is 5.74. The Kier molecular flexibility index (Phi) is 7.57. The lowest BCUT2D eigenvalue weighted by Gasteiger charge is -2.34. The van der Waals surface area contributed by atoms with Gasteiger partial charge in [-0.05, 0) is 12.1 Å². The van der Waals surface area contributed by atoms with Gasteiger partial charge in [-0.2, -0.15) is 4.31 Å². The first kappa shape index (κ1) is 21.6. The number of halogens is 2. The predicted molar refractivity (Wildman–Crippen MR) is 95.7 cm³/mol. The first-order chi connectivity index (χ1) is 12.8. The highest BCUT2D eigenvalue weighted by Gasteiger charge is 2.31. The highest BCUT2D eigenvalue weighted by atomic mass is 32.2. The number of benzene rings is 1. The summed E-state index contributed by atoms with van der Waals surface area (Å²) in [5.41, 5.74) is 0. The fraction of sp³-hybridized carbons (Fsp3) is 0.500. The smallest absolute Gasteiger partial charge is 0.315 e. The molecule has 0 saturated carbocycles. The highest BCUT2D eigenvalue weighted by molar-refractivity contribution is 7.99. The molecule has 1 fully saturated rings. The van der Waals surface area contributed by atoms with Crippen LogP contribution in [0.25, 0.3) is 0 Å². The minimum Gasteiger partial charge on any atom is -0.468 e. The quantitative estimate of drug-likeness (QED) is 0.483. The zero-order valence-electron chi connectivity index (χ0n) is 14.7. The number of nitrogens with zero attached hydrogens (tertiary/aromatic N) is 2. The lowest BCUT2D eigenvalue weighted by Crippen LogP contribution is -2.50. The zero-order chi connectivity index (χ0) is 20.0. The standard InChI is InChI=1S/C16H20F2N2O5S2/c1-25-16(22)11-26-9-4-15(21)19-5-7-20(8-6-19)27(23,24)14-3-2-12(17)10-13(14)18/h2-3,10H,4-9,11H2,1H3. The van der Waals surface area contributed by atoms with E-state index in [9.17, 15) is 26.8 Å². The molecule has 7 nitrogen and oxygen atoms in total. The maximum atomic E-state index is 13.8. The molecule has 1 aromatic carbocycles. The summed E-state index contributed by atoms with van der Waals surface area (Å²) in [5, 5.41) is 0. The van der Waals surface area contributed by atoms with Gasteiger partial charge in [-0.25, -0.2) is 17.2 Å². The van der Waals surface area contributed by atoms with E-state index in [0.717, 1.165) is 16.4 Å². The van der Waals surface area contributed by atoms with E-state index < -0.39 is 26.6 Å². The average molecular weight is 422 g/mol. The second-order valence-corrected chi connectivity index (χ2v) is 8.75. The number of piperazine rings is 1. The number of rotatable bonds is 7. The number of methoxy groups -OCH3 is 1. The van der Waals surface area contributed by atoms with Crippen LogP contribution in [-0.4, -0.2) is 74.3 Å². The van der Waals surface area contributed by atoms with Crippen molar-refractivity contribution in [2.45, 2.75) is 11.3 Å². The normalized spacial score (nSPS) is 15.6. The van der Waals surface area contributed by atoms with Gasteiger partial charge in [0, 0.05) is 44.4 Å². The van der Waals surface area contributed by atoms with E-state index in [1.165, 1.54) is 23.8 Å². The fourth-order valence-corrected chi connectivity index (χ4v) is 4.75. The van der Waals surface area contributed by atoms with Gasteiger partial charge in [0.2, 0.25) is 15.9 Å². The molecule has 1 aliphatic heterocycles. The van der Waals surface area contributed by atoms with E-state index in [4.69, 9.17) is 0 Å². The molecule has 0 N–H and O–H groups in total. The Morgan fingerprint density at radius 3 is 2.44 bits per heavy atom. The summed E-state index contributed by atoms with van der Waals surface area (Å²) < 4.78 is 57.4. The van der Waals surface area contributed by atoms with Crippen LogP contribution in [0.5, 0.6) is 0 Å². The zero-order valence-corrected chi connectivity index (χ0v) is 16.3. The molecule has 1 aliphatic rings. The van der Waals surface area contributed by atoms with E-state index in [-0.39, 0.29) is 50.2 Å². The van der Waals surface area contributed by atoms with Crippen molar-refractivity contribution in [3.63, 3.8) is 0 Å². The van der Waals surface area contributed by atoms with Crippen LogP contribution in [0.2, 0.25) is 0 Å². The molecule has 0 aromatic heterocycles. The van der Waals surface area contributed by atoms with Crippen molar-refractivity contribution in [1.29, 1.82) is 0 Å². The molecule has 2 rings (SSSR count). The lowest BCUT2D eigenvalue weighted by atomic mass is 10.3. The minimum atomic E-state index is -4.09. The van der Waals surface area contributed by atoms with Gasteiger partial charge in [-0.3, -0.25) is 9.59 Å². The third-order valence-electron chi connectivity index (χ3n) is 4.01. The molecule has 1 heterocycles. The van der Waals surface area contributed by atoms with Crippen molar-refractivity contribution < 1.29 is 31.5 Å². The van der Waals surface area contributed by atoms with Crippen molar-refractivity contribution >= 4 is 33.7 Å². The van der Waals surface area contributed by atoms with Crippen LogP contribution < -0.4 is 0 Å². The summed E-state index contributed by atoms with van der Waals surface area (Å²) in [5.74, 6) is -1.88. The molecule has 0 atom stereocenters. The third kappa shape index (κ3) is 5.63. The van der Waals surface area contributed by atoms with Crippen LogP contribution in [0.1, 0.15) is 6.42 Å². The molecule has 0 aliphatic carbocycles. The molecule has 1 amide bonds. The van der Waals surface area contributed by atoms with E-state index in [1.807, 2.05) is 0 Å². The van der Waals surface area contributed by atoms with E-state index in [1.54, 1.807) is 0 Å². The predicted octanol–water partition coefficient (Wildman–Crippen LogP) is 1.09. The fourth-order valence-electron chi connectivity index (χ4n) is 2.53. The number of carbonyl (C=O) groups is 2. The Hall–Kier alpha value is -1.72. The van der Waals surface area contributed by atoms with Crippen molar-refractivity contribution in [3.8, 4) is 0 Å². The number of carbonyl (C=O) groups excluding carboxylic acids is 2. The van der Waals surface area contributed by atoms with Gasteiger partial charge in [0.15, 0.2) is 0 Å². The van der Waals surface area contributed by atoms with Gasteiger partial charge in [0.25, 0.3) is 0 Å². The van der Waals surface area contributed by atoms with E-state index in [2.05, 4.69) is 4.74 Å². The summed E-state index contributed by atoms with van der Waals surface area (Å²) in [7, 11) is -2.80. The van der Waals surface area contributed by atoms with Crippen LogP contribution in [-0.2, 0) is 24.3 Å². The Labute approximate surface area is 160 Å². The average Bonchev–Trinajstić information content (AvgIpc) is 2.64. The number of sulfonamides is 1. The van der Waals surface area contributed by atoms with Crippen LogP contribution >= 0.6 is 11.8 Å². The number of hydrogen-bond donors (Lipinski definition) is 0. The van der Waals surface area contributed by atoms with Crippen LogP contribution in [0.15, 0.2) is 23.1 Å². The number of ether oxygens (including phenoxy) is 1. The van der Waals surface area contributed by atoms with Gasteiger partial charge < -0.3 is 9.64 Å². The van der Waals surface area contributed by atoms with Gasteiger partial charge in [0.1, 0.15) is 16.5 Å². The lowest BCUT2D eigenvalue weighted by molar-refractivity contribution is -0.137. The van der Waals surface area contributed by atoms with Crippen LogP contribution in [0.4, 0.5) is 8.78 Å². The van der Waals surface area contributed by atoms with Gasteiger partial charge in [-0.15, -0.1) is 11.8 Å². The number of hydrogen-bond acceptors (Lipinski definition) is 6. The molecule has 0 bridgehead atoms. The maximum Gasteiger partial charge on any atom is 0.315 e. The summed E-state index contributed by atoms with van der Waals surface area (Å²) in [6.45, 7) is 0.422. The second kappa shape index (κ2) is 9.47. The first-order valence-electron chi connectivity index (χ1n) is 8.13. The van der Waals surface area contributed by atoms with Crippen molar-refractivity contribution in [3.05, 3.63) is 29.8 Å². The monoisotopic (exact) mass is 422 g/mol. The molecule has 0 spiro atoms. The molecule has 1 aromatic rings. The van der Waals surface area contributed by atoms with Gasteiger partial charge in [-0.1, -0.05) is 0 Å². The maximum absolute atomic E-state index is 13.8. The van der Waals surface area contributed by atoms with Crippen molar-refractivity contribution in [2.24, 2.45) is 0 Å². The van der Waals surface area contributed by atoms with Crippen LogP contribution in [0, 0.1) is 11.6 Å². The Bertz CT molecular complexity index is 796. The first-order valence-corrected chi connectivity index (χ1v) is 10.7. The molecule has 27 heavy (non-hydrogen) atoms. The SMILES string of the molecule is COC(=O)CSCCC(=O)N1CCN(S(=O)(=O)c2ccc(F)cc2F)CC1. The summed E-state index contributed by atoms with van der Waals surface area (Å²) in [6.07, 6.45) is 0.223. The highest BCUT2D eigenvalue weighted by Crippen LogP contribution is 2.21. The summed E-state index contributed by atoms with van der Waals surface area (Å²) >= 11 is 1.28. The minimum absolute atomic E-state index is 0.0280. The van der Waals surface area contributed by atoms with Crippen molar-refractivity contribution in [1.82, 2.24) is 9.21 Å². The summed E-state index contributed by atoms with van der Waals surface area (Å²) in [4.78, 5) is 24.1. The molecule has 1 saturated heterocycles. The van der Waals surface area contributed by atoms with E-state index in [0.29, 0.717) is 11.8 Å². The van der Waals surface area contributed by atoms with Gasteiger partial charge in [0.05, 0.1) is 12.9 Å².